The van der Waals surface area contributed by atoms with E-state index in [4.69, 9.17) is 4.74 Å². The Morgan fingerprint density at radius 1 is 1.08 bits per heavy atom. The average Bonchev–Trinajstić information content (AvgIpc) is 3.38. The Morgan fingerprint density at radius 2 is 1.84 bits per heavy atom. The van der Waals surface area contributed by atoms with Gasteiger partial charge in [0.25, 0.3) is 0 Å². The van der Waals surface area contributed by atoms with Gasteiger partial charge in [-0.05, 0) is 31.3 Å². The lowest BCUT2D eigenvalue weighted by Crippen LogP contribution is -2.19. The largest absolute Gasteiger partial charge is 0.494 e. The Bertz CT molecular complexity index is 1570. The molecule has 0 unspecified atom stereocenters. The van der Waals surface area contributed by atoms with Gasteiger partial charge in [-0.2, -0.15) is 5.10 Å². The van der Waals surface area contributed by atoms with E-state index in [-0.39, 0.29) is 10.7 Å². The van der Waals surface area contributed by atoms with Crippen LogP contribution in [-0.2, 0) is 17.1 Å². The molecule has 0 bridgehead atoms. The number of nitrogens with one attached hydrogen (secondary N) is 2. The molecule has 0 saturated heterocycles. The minimum atomic E-state index is -3.61. The number of pyridine rings is 2. The molecule has 0 aliphatic heterocycles. The predicted octanol–water partition coefficient (Wildman–Crippen LogP) is 3.29. The van der Waals surface area contributed by atoms with Gasteiger partial charge in [0.2, 0.25) is 10.0 Å². The molecule has 0 radical (unpaired) electrons. The fraction of sp³-hybridized carbons (Fsp3) is 0.240. The molecular formula is C25H28N8O4S. The van der Waals surface area contributed by atoms with E-state index in [1.54, 1.807) is 56.2 Å². The summed E-state index contributed by atoms with van der Waals surface area (Å²) < 4.78 is 33.6. The first-order valence-electron chi connectivity index (χ1n) is 11.6. The average molecular weight is 537 g/mol. The summed E-state index contributed by atoms with van der Waals surface area (Å²) >= 11 is 0. The highest BCUT2D eigenvalue weighted by molar-refractivity contribution is 7.89. The number of carbonyl (C=O) groups is 1. The van der Waals surface area contributed by atoms with Crippen LogP contribution in [0.15, 0.2) is 60.0 Å². The van der Waals surface area contributed by atoms with Crippen molar-refractivity contribution >= 4 is 38.8 Å². The summed E-state index contributed by atoms with van der Waals surface area (Å²) in [6.45, 7) is 1.78. The number of methoxy groups -OCH3 is 1. The quantitative estimate of drug-likeness (QED) is 0.290. The zero-order valence-corrected chi connectivity index (χ0v) is 22.4. The van der Waals surface area contributed by atoms with Gasteiger partial charge >= 0.3 is 0 Å². The number of ether oxygens (including phenoxy) is 1. The SMILES string of the molecule is CCC(=O)c1cnc(N(C)c2ccc(S(=O)(=O)NC)cn2)cc1Nc1cccc(-c2ncn(C)n2)c1OC. The molecule has 3 heterocycles. The molecule has 0 fully saturated rings. The zero-order valence-electron chi connectivity index (χ0n) is 21.6. The number of hydrogen-bond donors (Lipinski definition) is 2. The molecular weight excluding hydrogens is 508 g/mol. The summed E-state index contributed by atoms with van der Waals surface area (Å²) in [7, 11) is 2.81. The number of anilines is 4. The number of aromatic nitrogens is 5. The van der Waals surface area contributed by atoms with Gasteiger partial charge in [-0.15, -0.1) is 0 Å². The molecule has 12 nitrogen and oxygen atoms in total. The van der Waals surface area contributed by atoms with Gasteiger partial charge in [0.1, 0.15) is 22.9 Å². The van der Waals surface area contributed by atoms with E-state index in [2.05, 4.69) is 30.1 Å². The summed E-state index contributed by atoms with van der Waals surface area (Å²) in [5.41, 5.74) is 2.24. The Kier molecular flexibility index (Phi) is 7.69. The van der Waals surface area contributed by atoms with Gasteiger partial charge in [0.15, 0.2) is 17.4 Å². The number of carbonyl (C=O) groups excluding carboxylic acids is 1. The molecule has 0 saturated carbocycles. The minimum absolute atomic E-state index is 0.0470. The van der Waals surface area contributed by atoms with Crippen molar-refractivity contribution in [1.29, 1.82) is 0 Å². The summed E-state index contributed by atoms with van der Waals surface area (Å²) in [5.74, 6) is 1.88. The number of nitrogens with zero attached hydrogens (tertiary/aromatic N) is 6. The molecule has 13 heteroatoms. The zero-order chi connectivity index (χ0) is 27.4. The van der Waals surface area contributed by atoms with Crippen LogP contribution in [0.1, 0.15) is 23.7 Å². The van der Waals surface area contributed by atoms with Crippen molar-refractivity contribution < 1.29 is 17.9 Å². The highest BCUT2D eigenvalue weighted by atomic mass is 32.2. The van der Waals surface area contributed by atoms with Gasteiger partial charge < -0.3 is 15.0 Å². The van der Waals surface area contributed by atoms with Crippen LogP contribution >= 0.6 is 0 Å². The summed E-state index contributed by atoms with van der Waals surface area (Å²) in [4.78, 5) is 27.6. The standard InChI is InChI=1S/C25H28N8O4S/c1-6-21(34)18-14-28-23(33(4)22-11-10-16(13-27-22)38(35,36)26-2)12-20(18)30-19-9-7-8-17(24(19)37-5)25-29-15-32(3)31-25/h7-15,26H,6H2,1-5H3,(H,28,30). The van der Waals surface area contributed by atoms with Crippen LogP contribution in [0, 0.1) is 0 Å². The lowest BCUT2D eigenvalue weighted by molar-refractivity contribution is 0.0988. The van der Waals surface area contributed by atoms with Crippen molar-refractivity contribution in [2.45, 2.75) is 18.2 Å². The third-order valence-electron chi connectivity index (χ3n) is 5.83. The first kappa shape index (κ1) is 26.7. The van der Waals surface area contributed by atoms with E-state index < -0.39 is 10.0 Å². The summed E-state index contributed by atoms with van der Waals surface area (Å²) in [5, 5.41) is 7.70. The number of sulfonamides is 1. The van der Waals surface area contributed by atoms with Crippen molar-refractivity contribution in [2.75, 3.05) is 31.4 Å². The van der Waals surface area contributed by atoms with Crippen LogP contribution in [0.25, 0.3) is 11.4 Å². The topological polar surface area (TPSA) is 144 Å². The second kappa shape index (κ2) is 10.9. The summed E-state index contributed by atoms with van der Waals surface area (Å²) in [6.07, 6.45) is 4.68. The van der Waals surface area contributed by atoms with E-state index in [1.165, 1.54) is 25.5 Å². The number of ketones is 1. The van der Waals surface area contributed by atoms with Gasteiger partial charge in [-0.3, -0.25) is 9.48 Å². The van der Waals surface area contributed by atoms with E-state index in [0.717, 1.165) is 0 Å². The number of aryl methyl sites for hydroxylation is 1. The number of benzene rings is 1. The molecule has 0 amide bonds. The van der Waals surface area contributed by atoms with Crippen molar-refractivity contribution in [2.24, 2.45) is 7.05 Å². The third-order valence-corrected chi connectivity index (χ3v) is 7.23. The van der Waals surface area contributed by atoms with Crippen molar-refractivity contribution in [3.05, 3.63) is 60.7 Å². The van der Waals surface area contributed by atoms with E-state index >= 15 is 0 Å². The van der Waals surface area contributed by atoms with Gasteiger partial charge in [-0.25, -0.2) is 28.1 Å². The second-order valence-corrected chi connectivity index (χ2v) is 10.1. The normalized spacial score (nSPS) is 11.3. The molecule has 0 atom stereocenters. The molecule has 0 aliphatic rings. The smallest absolute Gasteiger partial charge is 0.241 e. The number of para-hydroxylation sites is 1. The minimum Gasteiger partial charge on any atom is -0.494 e. The van der Waals surface area contributed by atoms with Gasteiger partial charge in [0.05, 0.1) is 29.6 Å². The van der Waals surface area contributed by atoms with Crippen LogP contribution in [0.3, 0.4) is 0 Å². The summed E-state index contributed by atoms with van der Waals surface area (Å²) in [6, 6.07) is 10.3. The van der Waals surface area contributed by atoms with Crippen LogP contribution < -0.4 is 19.7 Å². The van der Waals surface area contributed by atoms with Crippen LogP contribution in [0.4, 0.5) is 23.0 Å². The van der Waals surface area contributed by atoms with Gasteiger partial charge in [0, 0.05) is 39.0 Å². The first-order chi connectivity index (χ1) is 18.2. The second-order valence-electron chi connectivity index (χ2n) is 8.24. The third kappa shape index (κ3) is 5.33. The number of Topliss-reactive ketones (excluding diaryl/α,β-unsaturated/α-hetero) is 1. The molecule has 0 aliphatic carbocycles. The maximum atomic E-state index is 12.8. The Hall–Kier alpha value is -4.36. The molecule has 198 valence electrons. The first-order valence-corrected chi connectivity index (χ1v) is 13.1. The molecule has 2 N–H and O–H groups in total. The van der Waals surface area contributed by atoms with Gasteiger partial charge in [-0.1, -0.05) is 13.0 Å². The molecule has 0 spiro atoms. The van der Waals surface area contributed by atoms with E-state index in [0.29, 0.717) is 52.1 Å². The molecule has 4 aromatic rings. The van der Waals surface area contributed by atoms with Crippen LogP contribution in [0.5, 0.6) is 5.75 Å². The highest BCUT2D eigenvalue weighted by Crippen LogP contribution is 2.38. The maximum Gasteiger partial charge on any atom is 0.241 e. The Balaban J connectivity index is 1.73. The maximum absolute atomic E-state index is 12.8. The fourth-order valence-corrected chi connectivity index (χ4v) is 4.42. The highest BCUT2D eigenvalue weighted by Gasteiger charge is 2.19. The van der Waals surface area contributed by atoms with Crippen LogP contribution in [-0.4, -0.2) is 60.1 Å². The lowest BCUT2D eigenvalue weighted by atomic mass is 10.1. The molecule has 3 aromatic heterocycles. The monoisotopic (exact) mass is 536 g/mol. The molecule has 1 aromatic carbocycles. The lowest BCUT2D eigenvalue weighted by Gasteiger charge is -2.21. The number of rotatable bonds is 10. The Morgan fingerprint density at radius 3 is 2.45 bits per heavy atom. The van der Waals surface area contributed by atoms with E-state index in [1.807, 2.05) is 18.2 Å². The van der Waals surface area contributed by atoms with Crippen molar-refractivity contribution in [3.8, 4) is 17.1 Å². The molecule has 4 rings (SSSR count). The Labute approximate surface area is 220 Å². The van der Waals surface area contributed by atoms with E-state index in [9.17, 15) is 13.2 Å². The predicted molar refractivity (Wildman–Crippen MR) is 144 cm³/mol. The van der Waals surface area contributed by atoms with Crippen molar-refractivity contribution in [3.63, 3.8) is 0 Å². The fourth-order valence-electron chi connectivity index (χ4n) is 3.75. The van der Waals surface area contributed by atoms with Crippen LogP contribution in [0.2, 0.25) is 0 Å². The number of hydrogen-bond acceptors (Lipinski definition) is 10. The molecule has 38 heavy (non-hydrogen) atoms. The van der Waals surface area contributed by atoms with Crippen molar-refractivity contribution in [1.82, 2.24) is 29.5 Å².